The highest BCUT2D eigenvalue weighted by molar-refractivity contribution is 5.20. The van der Waals surface area contributed by atoms with Crippen LogP contribution in [0.1, 0.15) is 25.3 Å². The third-order valence-electron chi connectivity index (χ3n) is 3.69. The van der Waals surface area contributed by atoms with Gasteiger partial charge in [0.05, 0.1) is 5.60 Å². The van der Waals surface area contributed by atoms with Gasteiger partial charge in [-0.2, -0.15) is 0 Å². The Morgan fingerprint density at radius 2 is 1.72 bits per heavy atom. The highest BCUT2D eigenvalue weighted by atomic mass is 19.1. The van der Waals surface area contributed by atoms with E-state index < -0.39 is 17.2 Å². The van der Waals surface area contributed by atoms with Crippen molar-refractivity contribution in [1.29, 1.82) is 0 Å². The predicted molar refractivity (Wildman–Crippen MR) is 66.4 cm³/mol. The number of hydrogen-bond acceptors (Lipinski definition) is 2. The Morgan fingerprint density at radius 1 is 1.17 bits per heavy atom. The molecule has 4 heteroatoms. The highest BCUT2D eigenvalue weighted by Crippen LogP contribution is 2.26. The molecule has 1 heterocycles. The van der Waals surface area contributed by atoms with E-state index in [1.54, 1.807) is 0 Å². The molecule has 1 aromatic rings. The molecule has 1 saturated heterocycles. The van der Waals surface area contributed by atoms with Gasteiger partial charge < -0.3 is 10.0 Å². The summed E-state index contributed by atoms with van der Waals surface area (Å²) >= 11 is 0. The predicted octanol–water partition coefficient (Wildman–Crippen LogP) is 2.35. The summed E-state index contributed by atoms with van der Waals surface area (Å²) in [7, 11) is 0. The van der Waals surface area contributed by atoms with Crippen LogP contribution in [0.5, 0.6) is 0 Å². The molecule has 0 saturated carbocycles. The van der Waals surface area contributed by atoms with Gasteiger partial charge in [-0.05, 0) is 37.1 Å². The minimum absolute atomic E-state index is 0.319. The molecule has 0 aromatic heterocycles. The summed E-state index contributed by atoms with van der Waals surface area (Å²) in [5.74, 6) is -1.17. The zero-order valence-corrected chi connectivity index (χ0v) is 10.6. The summed E-state index contributed by atoms with van der Waals surface area (Å²) in [5.41, 5.74) is -0.300. The lowest BCUT2D eigenvalue weighted by molar-refractivity contribution is -0.0194. The normalized spacial score (nSPS) is 20.0. The van der Waals surface area contributed by atoms with Crippen molar-refractivity contribution in [3.63, 3.8) is 0 Å². The van der Waals surface area contributed by atoms with Crippen LogP contribution in [0.2, 0.25) is 0 Å². The maximum absolute atomic E-state index is 13.1. The van der Waals surface area contributed by atoms with Crippen LogP contribution >= 0.6 is 0 Å². The van der Waals surface area contributed by atoms with E-state index in [4.69, 9.17) is 0 Å². The number of aliphatic hydroxyl groups is 1. The smallest absolute Gasteiger partial charge is 0.126 e. The fourth-order valence-electron chi connectivity index (χ4n) is 2.56. The lowest BCUT2D eigenvalue weighted by Gasteiger charge is -2.37. The second-order valence-corrected chi connectivity index (χ2v) is 5.11. The van der Waals surface area contributed by atoms with Crippen molar-refractivity contribution in [2.45, 2.75) is 31.8 Å². The van der Waals surface area contributed by atoms with E-state index in [1.807, 2.05) is 0 Å². The molecule has 1 aromatic carbocycles. The standard InChI is InChI=1S/C14H19F2NO/c1-2-17-5-3-14(18,4-6-17)10-11-7-12(15)9-13(16)8-11/h7-9,18H,2-6,10H2,1H3. The van der Waals surface area contributed by atoms with E-state index >= 15 is 0 Å². The van der Waals surface area contributed by atoms with Gasteiger partial charge in [-0.3, -0.25) is 0 Å². The molecule has 0 unspecified atom stereocenters. The Kier molecular flexibility index (Phi) is 3.97. The summed E-state index contributed by atoms with van der Waals surface area (Å²) in [6.45, 7) is 4.74. The Morgan fingerprint density at radius 3 is 2.22 bits per heavy atom. The molecule has 100 valence electrons. The number of likely N-dealkylation sites (tertiary alicyclic amines) is 1. The molecule has 1 aliphatic heterocycles. The van der Waals surface area contributed by atoms with E-state index in [-0.39, 0.29) is 0 Å². The van der Waals surface area contributed by atoms with Crippen LogP contribution in [0.25, 0.3) is 0 Å². The second kappa shape index (κ2) is 5.33. The van der Waals surface area contributed by atoms with Crippen LogP contribution in [0.4, 0.5) is 8.78 Å². The van der Waals surface area contributed by atoms with E-state index in [0.29, 0.717) is 24.8 Å². The zero-order chi connectivity index (χ0) is 13.2. The molecule has 2 rings (SSSR count). The largest absolute Gasteiger partial charge is 0.389 e. The van der Waals surface area contributed by atoms with Crippen LogP contribution < -0.4 is 0 Å². The number of benzene rings is 1. The molecule has 1 aliphatic rings. The monoisotopic (exact) mass is 255 g/mol. The SMILES string of the molecule is CCN1CCC(O)(Cc2cc(F)cc(F)c2)CC1. The van der Waals surface area contributed by atoms with E-state index in [0.717, 1.165) is 25.7 Å². The first-order chi connectivity index (χ1) is 8.50. The van der Waals surface area contributed by atoms with Crippen molar-refractivity contribution in [3.05, 3.63) is 35.4 Å². The van der Waals surface area contributed by atoms with Crippen LogP contribution in [0.15, 0.2) is 18.2 Å². The second-order valence-electron chi connectivity index (χ2n) is 5.11. The van der Waals surface area contributed by atoms with Gasteiger partial charge >= 0.3 is 0 Å². The summed E-state index contributed by atoms with van der Waals surface area (Å²) < 4.78 is 26.2. The van der Waals surface area contributed by atoms with Crippen molar-refractivity contribution in [1.82, 2.24) is 4.90 Å². The first-order valence-corrected chi connectivity index (χ1v) is 6.40. The van der Waals surface area contributed by atoms with Gasteiger partial charge in [0.1, 0.15) is 11.6 Å². The van der Waals surface area contributed by atoms with Gasteiger partial charge in [0.25, 0.3) is 0 Å². The maximum atomic E-state index is 13.1. The van der Waals surface area contributed by atoms with E-state index in [1.165, 1.54) is 12.1 Å². The number of hydrogen-bond donors (Lipinski definition) is 1. The van der Waals surface area contributed by atoms with Crippen molar-refractivity contribution < 1.29 is 13.9 Å². The van der Waals surface area contributed by atoms with Gasteiger partial charge in [-0.25, -0.2) is 8.78 Å². The molecular formula is C14H19F2NO. The molecule has 18 heavy (non-hydrogen) atoms. The first kappa shape index (κ1) is 13.4. The average Bonchev–Trinajstić information content (AvgIpc) is 2.28. The fourth-order valence-corrected chi connectivity index (χ4v) is 2.56. The Labute approximate surface area is 106 Å². The van der Waals surface area contributed by atoms with Crippen LogP contribution in [0.3, 0.4) is 0 Å². The van der Waals surface area contributed by atoms with Crippen LogP contribution in [-0.2, 0) is 6.42 Å². The minimum atomic E-state index is -0.827. The van der Waals surface area contributed by atoms with Crippen molar-refractivity contribution in [2.75, 3.05) is 19.6 Å². The van der Waals surface area contributed by atoms with Gasteiger partial charge in [0.2, 0.25) is 0 Å². The summed E-state index contributed by atoms with van der Waals surface area (Å²) in [6, 6.07) is 3.45. The Bertz CT molecular complexity index is 394. The third kappa shape index (κ3) is 3.27. The summed E-state index contributed by atoms with van der Waals surface area (Å²) in [6.07, 6.45) is 1.62. The Hall–Kier alpha value is -1.00. The molecule has 1 fully saturated rings. The minimum Gasteiger partial charge on any atom is -0.389 e. The van der Waals surface area contributed by atoms with Crippen molar-refractivity contribution in [3.8, 4) is 0 Å². The van der Waals surface area contributed by atoms with Gasteiger partial charge in [0, 0.05) is 25.6 Å². The topological polar surface area (TPSA) is 23.5 Å². The van der Waals surface area contributed by atoms with Crippen molar-refractivity contribution in [2.24, 2.45) is 0 Å². The first-order valence-electron chi connectivity index (χ1n) is 6.40. The fraction of sp³-hybridized carbons (Fsp3) is 0.571. The highest BCUT2D eigenvalue weighted by Gasteiger charge is 2.32. The lowest BCUT2D eigenvalue weighted by Crippen LogP contribution is -2.45. The molecule has 0 radical (unpaired) electrons. The molecule has 0 spiro atoms. The molecular weight excluding hydrogens is 236 g/mol. The van der Waals surface area contributed by atoms with Crippen LogP contribution in [-0.4, -0.2) is 35.2 Å². The molecule has 0 amide bonds. The van der Waals surface area contributed by atoms with Gasteiger partial charge in [-0.15, -0.1) is 0 Å². The van der Waals surface area contributed by atoms with Gasteiger partial charge in [0.15, 0.2) is 0 Å². The van der Waals surface area contributed by atoms with E-state index in [2.05, 4.69) is 11.8 Å². The quantitative estimate of drug-likeness (QED) is 0.896. The summed E-state index contributed by atoms with van der Waals surface area (Å²) in [5, 5.41) is 10.4. The average molecular weight is 255 g/mol. The van der Waals surface area contributed by atoms with Gasteiger partial charge in [-0.1, -0.05) is 6.92 Å². The van der Waals surface area contributed by atoms with Crippen LogP contribution in [0, 0.1) is 11.6 Å². The zero-order valence-electron chi connectivity index (χ0n) is 10.6. The third-order valence-corrected chi connectivity index (χ3v) is 3.69. The number of piperidine rings is 1. The number of nitrogens with zero attached hydrogens (tertiary/aromatic N) is 1. The summed E-state index contributed by atoms with van der Waals surface area (Å²) in [4.78, 5) is 2.26. The molecule has 0 bridgehead atoms. The Balaban J connectivity index is 2.04. The molecule has 0 aliphatic carbocycles. The molecule has 0 atom stereocenters. The van der Waals surface area contributed by atoms with Crippen molar-refractivity contribution >= 4 is 0 Å². The maximum Gasteiger partial charge on any atom is 0.126 e. The van der Waals surface area contributed by atoms with E-state index in [9.17, 15) is 13.9 Å². The number of halogens is 2. The molecule has 2 nitrogen and oxygen atoms in total. The number of rotatable bonds is 3. The lowest BCUT2D eigenvalue weighted by atomic mass is 9.85. The molecule has 1 N–H and O–H groups in total.